The highest BCUT2D eigenvalue weighted by molar-refractivity contribution is 6.02. The Morgan fingerprint density at radius 3 is 2.32 bits per heavy atom. The fourth-order valence-electron chi connectivity index (χ4n) is 4.99. The number of hydrogen-bond donors (Lipinski definition) is 2. The maximum Gasteiger partial charge on any atom is 0.319 e. The van der Waals surface area contributed by atoms with Crippen molar-refractivity contribution in [1.29, 1.82) is 0 Å². The Morgan fingerprint density at radius 2 is 1.66 bits per heavy atom. The molecule has 0 aliphatic carbocycles. The van der Waals surface area contributed by atoms with E-state index >= 15 is 0 Å². The molecule has 38 heavy (non-hydrogen) atoms. The second-order valence-corrected chi connectivity index (χ2v) is 9.63. The Labute approximate surface area is 227 Å². The molecule has 0 bridgehead atoms. The molecule has 1 atom stereocenters. The summed E-state index contributed by atoms with van der Waals surface area (Å²) < 4.78 is 0. The molecule has 8 nitrogen and oxygen atoms in total. The lowest BCUT2D eigenvalue weighted by Crippen LogP contribution is -2.38. The van der Waals surface area contributed by atoms with E-state index in [1.807, 2.05) is 68.1 Å². The number of amides is 4. The molecule has 0 spiro atoms. The minimum atomic E-state index is -0.284. The number of carbonyl (C=O) groups is 3. The Morgan fingerprint density at radius 1 is 0.921 bits per heavy atom. The van der Waals surface area contributed by atoms with Crippen LogP contribution < -0.4 is 15.5 Å². The van der Waals surface area contributed by atoms with Gasteiger partial charge in [-0.05, 0) is 56.9 Å². The normalized spacial score (nSPS) is 14.4. The van der Waals surface area contributed by atoms with E-state index in [-0.39, 0.29) is 23.8 Å². The van der Waals surface area contributed by atoms with Crippen LogP contribution in [0, 0.1) is 0 Å². The second-order valence-electron chi connectivity index (χ2n) is 9.63. The van der Waals surface area contributed by atoms with Gasteiger partial charge in [0.05, 0.1) is 11.5 Å². The van der Waals surface area contributed by atoms with Crippen LogP contribution in [0.2, 0.25) is 0 Å². The third-order valence-corrected chi connectivity index (χ3v) is 7.13. The number of benzene rings is 2. The SMILES string of the molecule is CCCNC(=O)Nc1ccc(N2CCCN(C(=O)[C@H](CC)c3ccccc3)CC2)c(C(=O)N(CC)CC)c1. The predicted octanol–water partition coefficient (Wildman–Crippen LogP) is 4.93. The van der Waals surface area contributed by atoms with E-state index in [0.29, 0.717) is 50.5 Å². The summed E-state index contributed by atoms with van der Waals surface area (Å²) in [7, 11) is 0. The number of carbonyl (C=O) groups excluding carboxylic acids is 3. The first-order valence-electron chi connectivity index (χ1n) is 14.0. The summed E-state index contributed by atoms with van der Waals surface area (Å²) in [6, 6.07) is 15.2. The number of nitrogens with zero attached hydrogens (tertiary/aromatic N) is 3. The van der Waals surface area contributed by atoms with Gasteiger partial charge in [-0.3, -0.25) is 9.59 Å². The third-order valence-electron chi connectivity index (χ3n) is 7.13. The van der Waals surface area contributed by atoms with Crippen LogP contribution in [0.25, 0.3) is 0 Å². The summed E-state index contributed by atoms with van der Waals surface area (Å²) >= 11 is 0. The lowest BCUT2D eigenvalue weighted by molar-refractivity contribution is -0.132. The Balaban J connectivity index is 1.82. The van der Waals surface area contributed by atoms with Crippen molar-refractivity contribution < 1.29 is 14.4 Å². The summed E-state index contributed by atoms with van der Waals surface area (Å²) in [5.74, 6) is -0.0423. The van der Waals surface area contributed by atoms with Gasteiger partial charge in [-0.1, -0.05) is 44.2 Å². The van der Waals surface area contributed by atoms with Crippen molar-refractivity contribution in [2.45, 2.75) is 52.9 Å². The highest BCUT2D eigenvalue weighted by Crippen LogP contribution is 2.28. The largest absolute Gasteiger partial charge is 0.369 e. The lowest BCUT2D eigenvalue weighted by Gasteiger charge is -2.29. The fraction of sp³-hybridized carbons (Fsp3) is 0.500. The molecular formula is C30H43N5O3. The number of anilines is 2. The zero-order valence-electron chi connectivity index (χ0n) is 23.3. The fourth-order valence-corrected chi connectivity index (χ4v) is 4.99. The molecule has 1 saturated heterocycles. The van der Waals surface area contributed by atoms with Crippen LogP contribution in [0.5, 0.6) is 0 Å². The van der Waals surface area contributed by atoms with Crippen molar-refractivity contribution >= 4 is 29.2 Å². The molecule has 8 heteroatoms. The van der Waals surface area contributed by atoms with Crippen LogP contribution in [-0.4, -0.2) is 73.5 Å². The third kappa shape index (κ3) is 7.27. The van der Waals surface area contributed by atoms with Gasteiger partial charge in [-0.2, -0.15) is 0 Å². The minimum absolute atomic E-state index is 0.0603. The zero-order valence-corrected chi connectivity index (χ0v) is 23.3. The molecule has 0 radical (unpaired) electrons. The van der Waals surface area contributed by atoms with Gasteiger partial charge in [0.15, 0.2) is 0 Å². The van der Waals surface area contributed by atoms with E-state index in [1.165, 1.54) is 0 Å². The van der Waals surface area contributed by atoms with Gasteiger partial charge in [0.25, 0.3) is 5.91 Å². The summed E-state index contributed by atoms with van der Waals surface area (Å²) in [4.78, 5) is 45.2. The standard InChI is InChI=1S/C30H43N5O3/c1-5-17-31-30(38)32-24-15-16-27(26(22-24)29(37)33(7-3)8-4)34-18-12-19-35(21-20-34)28(36)25(6-2)23-13-10-9-11-14-23/h9-11,13-16,22,25H,5-8,12,17-21H2,1-4H3,(H2,31,32,38)/t25-/m1/s1. The Kier molecular flexibility index (Phi) is 11.0. The van der Waals surface area contributed by atoms with Gasteiger partial charge < -0.3 is 25.3 Å². The lowest BCUT2D eigenvalue weighted by atomic mass is 9.95. The molecule has 2 aromatic carbocycles. The van der Waals surface area contributed by atoms with Gasteiger partial charge in [-0.25, -0.2) is 4.79 Å². The molecular weight excluding hydrogens is 478 g/mol. The molecule has 206 valence electrons. The number of rotatable bonds is 10. The quantitative estimate of drug-likeness (QED) is 0.464. The first-order chi connectivity index (χ1) is 18.4. The predicted molar refractivity (Wildman–Crippen MR) is 154 cm³/mol. The van der Waals surface area contributed by atoms with Crippen LogP contribution in [-0.2, 0) is 4.79 Å². The minimum Gasteiger partial charge on any atom is -0.369 e. The van der Waals surface area contributed by atoms with Crippen molar-refractivity contribution in [2.24, 2.45) is 0 Å². The van der Waals surface area contributed by atoms with Crippen LogP contribution >= 0.6 is 0 Å². The molecule has 2 aromatic rings. The highest BCUT2D eigenvalue weighted by Gasteiger charge is 2.28. The molecule has 2 N–H and O–H groups in total. The summed E-state index contributed by atoms with van der Waals surface area (Å²) in [6.45, 7) is 12.4. The molecule has 0 aromatic heterocycles. The molecule has 4 amide bonds. The van der Waals surface area contributed by atoms with Crippen LogP contribution in [0.4, 0.5) is 16.2 Å². The van der Waals surface area contributed by atoms with E-state index in [1.54, 1.807) is 11.0 Å². The van der Waals surface area contributed by atoms with E-state index in [2.05, 4.69) is 22.5 Å². The molecule has 1 aliphatic heterocycles. The molecule has 1 aliphatic rings. The van der Waals surface area contributed by atoms with E-state index in [0.717, 1.165) is 37.1 Å². The van der Waals surface area contributed by atoms with Crippen molar-refractivity contribution in [1.82, 2.24) is 15.1 Å². The first-order valence-corrected chi connectivity index (χ1v) is 14.0. The van der Waals surface area contributed by atoms with Gasteiger partial charge in [0.2, 0.25) is 5.91 Å². The van der Waals surface area contributed by atoms with Gasteiger partial charge in [-0.15, -0.1) is 0 Å². The summed E-state index contributed by atoms with van der Waals surface area (Å²) in [5, 5.41) is 5.66. The van der Waals surface area contributed by atoms with Crippen LogP contribution in [0.15, 0.2) is 48.5 Å². The Bertz CT molecular complexity index is 1070. The van der Waals surface area contributed by atoms with Crippen molar-refractivity contribution in [3.05, 3.63) is 59.7 Å². The molecule has 1 heterocycles. The maximum atomic E-state index is 13.5. The molecule has 3 rings (SSSR count). The Hall–Kier alpha value is -3.55. The van der Waals surface area contributed by atoms with Gasteiger partial charge in [0.1, 0.15) is 0 Å². The smallest absolute Gasteiger partial charge is 0.319 e. The van der Waals surface area contributed by atoms with E-state index in [4.69, 9.17) is 0 Å². The average Bonchev–Trinajstić information content (AvgIpc) is 3.20. The van der Waals surface area contributed by atoms with E-state index < -0.39 is 0 Å². The monoisotopic (exact) mass is 521 g/mol. The van der Waals surface area contributed by atoms with Gasteiger partial charge in [0, 0.05) is 57.2 Å². The molecule has 1 fully saturated rings. The highest BCUT2D eigenvalue weighted by atomic mass is 16.2. The molecule has 0 unspecified atom stereocenters. The van der Waals surface area contributed by atoms with Crippen molar-refractivity contribution in [3.8, 4) is 0 Å². The van der Waals surface area contributed by atoms with Crippen LogP contribution in [0.3, 0.4) is 0 Å². The number of hydrogen-bond acceptors (Lipinski definition) is 4. The first kappa shape index (κ1) is 29.0. The topological polar surface area (TPSA) is 85.0 Å². The van der Waals surface area contributed by atoms with Gasteiger partial charge >= 0.3 is 6.03 Å². The number of nitrogens with one attached hydrogen (secondary N) is 2. The second kappa shape index (κ2) is 14.4. The summed E-state index contributed by atoms with van der Waals surface area (Å²) in [5.41, 5.74) is 3.04. The number of urea groups is 1. The maximum absolute atomic E-state index is 13.5. The van der Waals surface area contributed by atoms with Crippen LogP contribution in [0.1, 0.15) is 68.8 Å². The van der Waals surface area contributed by atoms with Crippen molar-refractivity contribution in [2.75, 3.05) is 56.0 Å². The molecule has 0 saturated carbocycles. The summed E-state index contributed by atoms with van der Waals surface area (Å²) in [6.07, 6.45) is 2.41. The van der Waals surface area contributed by atoms with Crippen molar-refractivity contribution in [3.63, 3.8) is 0 Å². The zero-order chi connectivity index (χ0) is 27.5. The average molecular weight is 522 g/mol. The van der Waals surface area contributed by atoms with E-state index in [9.17, 15) is 14.4 Å².